The zero-order chi connectivity index (χ0) is 18.8. The molecule has 0 unspecified atom stereocenters. The predicted molar refractivity (Wildman–Crippen MR) is 101 cm³/mol. The number of benzene rings is 3. The van der Waals surface area contributed by atoms with Gasteiger partial charge in [0.05, 0.1) is 5.56 Å². The number of para-hydroxylation sites is 2. The second-order valence-electron chi connectivity index (χ2n) is 6.13. The van der Waals surface area contributed by atoms with Crippen LogP contribution < -0.4 is 10.7 Å². The second-order valence-corrected chi connectivity index (χ2v) is 6.13. The fourth-order valence-electron chi connectivity index (χ4n) is 3.07. The van der Waals surface area contributed by atoms with Crippen molar-refractivity contribution in [1.29, 1.82) is 0 Å². The zero-order valence-electron chi connectivity index (χ0n) is 14.3. The molecule has 0 aromatic heterocycles. The first-order valence-electron chi connectivity index (χ1n) is 8.48. The molecule has 1 aliphatic heterocycles. The smallest absolute Gasteiger partial charge is 0.276 e. The number of nitrogens with zero attached hydrogens (tertiary/aromatic N) is 1. The normalized spacial score (nSPS) is 15.6. The number of fused-ring (bicyclic) bond motifs is 1. The maximum Gasteiger partial charge on any atom is 0.276 e. The highest BCUT2D eigenvalue weighted by Gasteiger charge is 2.35. The second kappa shape index (κ2) is 6.84. The first kappa shape index (κ1) is 16.7. The molecule has 1 aliphatic rings. The number of phenolic OH excluding ortho intramolecular Hbond substituents is 1. The number of hydrogen-bond donors (Lipinski definition) is 3. The van der Waals surface area contributed by atoms with Crippen LogP contribution in [0.2, 0.25) is 0 Å². The Labute approximate surface area is 156 Å². The molecule has 6 heteroatoms. The first-order valence-corrected chi connectivity index (χ1v) is 8.48. The Kier molecular flexibility index (Phi) is 4.22. The van der Waals surface area contributed by atoms with E-state index >= 15 is 0 Å². The van der Waals surface area contributed by atoms with Gasteiger partial charge >= 0.3 is 0 Å². The molecule has 0 radical (unpaired) electrons. The maximum atomic E-state index is 13.1. The molecule has 3 aromatic rings. The average molecular weight is 359 g/mol. The number of phenols is 1. The van der Waals surface area contributed by atoms with Crippen molar-refractivity contribution in [1.82, 2.24) is 10.4 Å². The molecule has 134 valence electrons. The van der Waals surface area contributed by atoms with Crippen molar-refractivity contribution < 1.29 is 14.7 Å². The third-order valence-electron chi connectivity index (χ3n) is 4.42. The van der Waals surface area contributed by atoms with Gasteiger partial charge in [-0.2, -0.15) is 0 Å². The number of carbonyl (C=O) groups is 2. The molecular weight excluding hydrogens is 342 g/mol. The van der Waals surface area contributed by atoms with Gasteiger partial charge in [-0.3, -0.25) is 15.0 Å². The summed E-state index contributed by atoms with van der Waals surface area (Å²) in [5.41, 5.74) is 4.67. The van der Waals surface area contributed by atoms with Gasteiger partial charge in [-0.05, 0) is 30.3 Å². The van der Waals surface area contributed by atoms with Gasteiger partial charge in [0.25, 0.3) is 11.8 Å². The van der Waals surface area contributed by atoms with E-state index in [0.29, 0.717) is 22.4 Å². The van der Waals surface area contributed by atoms with Crippen LogP contribution in [-0.4, -0.2) is 21.9 Å². The van der Waals surface area contributed by atoms with Gasteiger partial charge in [0.15, 0.2) is 6.17 Å². The van der Waals surface area contributed by atoms with Crippen LogP contribution in [0.25, 0.3) is 0 Å². The van der Waals surface area contributed by atoms with Gasteiger partial charge in [-0.25, -0.2) is 5.01 Å². The Morgan fingerprint density at radius 2 is 1.59 bits per heavy atom. The van der Waals surface area contributed by atoms with Gasteiger partial charge < -0.3 is 10.4 Å². The van der Waals surface area contributed by atoms with E-state index in [1.807, 2.05) is 12.1 Å². The summed E-state index contributed by atoms with van der Waals surface area (Å²) in [7, 11) is 0. The first-order chi connectivity index (χ1) is 13.1. The van der Waals surface area contributed by atoms with Crippen LogP contribution in [0, 0.1) is 0 Å². The Hall–Kier alpha value is -3.80. The number of carbonyl (C=O) groups excluding carboxylic acids is 2. The molecule has 1 heterocycles. The summed E-state index contributed by atoms with van der Waals surface area (Å²) >= 11 is 0. The van der Waals surface area contributed by atoms with Crippen molar-refractivity contribution >= 4 is 17.5 Å². The molecule has 3 N–H and O–H groups in total. The van der Waals surface area contributed by atoms with E-state index in [1.54, 1.807) is 66.7 Å². The minimum atomic E-state index is -0.749. The molecule has 27 heavy (non-hydrogen) atoms. The molecule has 3 aromatic carbocycles. The lowest BCUT2D eigenvalue weighted by Crippen LogP contribution is -2.52. The lowest BCUT2D eigenvalue weighted by Gasteiger charge is -2.37. The Morgan fingerprint density at radius 3 is 2.37 bits per heavy atom. The summed E-state index contributed by atoms with van der Waals surface area (Å²) < 4.78 is 0. The monoisotopic (exact) mass is 359 g/mol. The minimum absolute atomic E-state index is 0.0288. The van der Waals surface area contributed by atoms with Crippen molar-refractivity contribution in [3.63, 3.8) is 0 Å². The van der Waals surface area contributed by atoms with E-state index in [0.717, 1.165) is 0 Å². The number of nitrogens with one attached hydrogen (secondary N) is 2. The highest BCUT2D eigenvalue weighted by Crippen LogP contribution is 2.35. The van der Waals surface area contributed by atoms with Crippen LogP contribution in [-0.2, 0) is 0 Å². The van der Waals surface area contributed by atoms with Crippen LogP contribution in [0.3, 0.4) is 0 Å². The Morgan fingerprint density at radius 1 is 0.926 bits per heavy atom. The topological polar surface area (TPSA) is 81.7 Å². The SMILES string of the molecule is O=C(NN1C(=O)c2ccccc2N[C@H]1c1ccccc1O)c1ccccc1. The number of hydrazine groups is 1. The zero-order valence-corrected chi connectivity index (χ0v) is 14.3. The summed E-state index contributed by atoms with van der Waals surface area (Å²) in [4.78, 5) is 25.7. The van der Waals surface area contributed by atoms with Gasteiger partial charge in [-0.1, -0.05) is 48.5 Å². The van der Waals surface area contributed by atoms with Crippen LogP contribution in [0.5, 0.6) is 5.75 Å². The van der Waals surface area contributed by atoms with E-state index in [4.69, 9.17) is 0 Å². The number of rotatable bonds is 3. The van der Waals surface area contributed by atoms with Gasteiger partial charge in [0.2, 0.25) is 0 Å². The van der Waals surface area contributed by atoms with Crippen LogP contribution in [0.4, 0.5) is 5.69 Å². The Balaban J connectivity index is 1.74. The van der Waals surface area contributed by atoms with Gasteiger partial charge in [0.1, 0.15) is 5.75 Å². The molecule has 2 amide bonds. The maximum absolute atomic E-state index is 13.1. The molecule has 4 rings (SSSR count). The molecule has 0 spiro atoms. The third kappa shape index (κ3) is 3.08. The van der Waals surface area contributed by atoms with Crippen molar-refractivity contribution in [2.24, 2.45) is 0 Å². The molecule has 0 saturated heterocycles. The molecule has 0 bridgehead atoms. The van der Waals surface area contributed by atoms with E-state index in [2.05, 4.69) is 10.7 Å². The molecule has 0 aliphatic carbocycles. The van der Waals surface area contributed by atoms with E-state index in [-0.39, 0.29) is 11.7 Å². The summed E-state index contributed by atoms with van der Waals surface area (Å²) in [6.45, 7) is 0. The number of amides is 2. The average Bonchev–Trinajstić information content (AvgIpc) is 2.71. The summed E-state index contributed by atoms with van der Waals surface area (Å²) in [5.74, 6) is -0.742. The van der Waals surface area contributed by atoms with Crippen molar-refractivity contribution in [3.8, 4) is 5.75 Å². The standard InChI is InChI=1S/C21H17N3O3/c25-18-13-7-5-11-16(18)19-22-17-12-6-4-10-15(17)21(27)24(19)23-20(26)14-8-2-1-3-9-14/h1-13,19,22,25H,(H,23,26)/t19-/m1/s1. The van der Waals surface area contributed by atoms with Crippen LogP contribution >= 0.6 is 0 Å². The van der Waals surface area contributed by atoms with Crippen LogP contribution in [0.15, 0.2) is 78.9 Å². The molecular formula is C21H17N3O3. The molecule has 1 atom stereocenters. The lowest BCUT2D eigenvalue weighted by atomic mass is 10.0. The van der Waals surface area contributed by atoms with Gasteiger partial charge in [-0.15, -0.1) is 0 Å². The van der Waals surface area contributed by atoms with Crippen molar-refractivity contribution in [2.75, 3.05) is 5.32 Å². The van der Waals surface area contributed by atoms with Crippen molar-refractivity contribution in [2.45, 2.75) is 6.17 Å². The largest absolute Gasteiger partial charge is 0.508 e. The van der Waals surface area contributed by atoms with Gasteiger partial charge in [0, 0.05) is 16.8 Å². The van der Waals surface area contributed by atoms with Crippen LogP contribution in [0.1, 0.15) is 32.4 Å². The fourth-order valence-corrected chi connectivity index (χ4v) is 3.07. The Bertz CT molecular complexity index is 1000. The predicted octanol–water partition coefficient (Wildman–Crippen LogP) is 3.30. The van der Waals surface area contributed by atoms with E-state index in [1.165, 1.54) is 5.01 Å². The number of hydrogen-bond acceptors (Lipinski definition) is 4. The molecule has 0 saturated carbocycles. The minimum Gasteiger partial charge on any atom is -0.508 e. The van der Waals surface area contributed by atoms with Crippen molar-refractivity contribution in [3.05, 3.63) is 95.6 Å². The van der Waals surface area contributed by atoms with E-state index < -0.39 is 12.1 Å². The molecule has 0 fully saturated rings. The highest BCUT2D eigenvalue weighted by atomic mass is 16.3. The number of anilines is 1. The summed E-state index contributed by atoms with van der Waals surface area (Å²) in [5, 5.41) is 14.7. The lowest BCUT2D eigenvalue weighted by molar-refractivity contribution is 0.0488. The highest BCUT2D eigenvalue weighted by molar-refractivity contribution is 6.04. The summed E-state index contributed by atoms with van der Waals surface area (Å²) in [6.07, 6.45) is -0.749. The quantitative estimate of drug-likeness (QED) is 0.670. The summed E-state index contributed by atoms with van der Waals surface area (Å²) in [6, 6.07) is 22.4. The third-order valence-corrected chi connectivity index (χ3v) is 4.42. The fraction of sp³-hybridized carbons (Fsp3) is 0.0476. The number of aromatic hydroxyl groups is 1. The van der Waals surface area contributed by atoms with E-state index in [9.17, 15) is 14.7 Å². The molecule has 6 nitrogen and oxygen atoms in total.